The second-order valence-corrected chi connectivity index (χ2v) is 5.88. The first-order valence-corrected chi connectivity index (χ1v) is 7.11. The molecule has 102 valence electrons. The van der Waals surface area contributed by atoms with Gasteiger partial charge in [0.15, 0.2) is 0 Å². The summed E-state index contributed by atoms with van der Waals surface area (Å²) in [5, 5.41) is 9.67. The molecule has 0 aromatic heterocycles. The van der Waals surface area contributed by atoms with Gasteiger partial charge in [0.25, 0.3) is 0 Å². The van der Waals surface area contributed by atoms with Gasteiger partial charge in [0.1, 0.15) is 0 Å². The zero-order valence-corrected chi connectivity index (χ0v) is 11.1. The highest BCUT2D eigenvalue weighted by molar-refractivity contribution is 5.77. The van der Waals surface area contributed by atoms with Crippen molar-refractivity contribution in [2.24, 2.45) is 5.41 Å². The van der Waals surface area contributed by atoms with Crippen molar-refractivity contribution in [3.8, 4) is 0 Å². The Bertz CT molecular complexity index is 450. The molecular weight excluding hydrogens is 240 g/mol. The molecule has 0 bridgehead atoms. The Hall–Kier alpha value is -1.35. The van der Waals surface area contributed by atoms with E-state index in [9.17, 15) is 9.90 Å². The van der Waals surface area contributed by atoms with Gasteiger partial charge in [0, 0.05) is 6.61 Å². The Labute approximate surface area is 113 Å². The molecule has 1 unspecified atom stereocenters. The summed E-state index contributed by atoms with van der Waals surface area (Å²) in [6, 6.07) is 8.12. The summed E-state index contributed by atoms with van der Waals surface area (Å²) in [7, 11) is 0. The van der Waals surface area contributed by atoms with Gasteiger partial charge in [-0.3, -0.25) is 4.79 Å². The molecule has 19 heavy (non-hydrogen) atoms. The van der Waals surface area contributed by atoms with Crippen LogP contribution in [0.25, 0.3) is 0 Å². The van der Waals surface area contributed by atoms with Crippen molar-refractivity contribution >= 4 is 5.97 Å². The third-order valence-corrected chi connectivity index (χ3v) is 4.60. The van der Waals surface area contributed by atoms with E-state index in [1.54, 1.807) is 0 Å². The number of hydrogen-bond donors (Lipinski definition) is 1. The Kier molecular flexibility index (Phi) is 3.31. The maximum Gasteiger partial charge on any atom is 0.310 e. The van der Waals surface area contributed by atoms with Gasteiger partial charge in [0.05, 0.1) is 11.5 Å². The lowest BCUT2D eigenvalue weighted by Gasteiger charge is -2.25. The van der Waals surface area contributed by atoms with E-state index in [1.165, 1.54) is 11.1 Å². The maximum absolute atomic E-state index is 11.8. The molecule has 3 heteroatoms. The summed E-state index contributed by atoms with van der Waals surface area (Å²) in [6.07, 6.45) is 5.42. The van der Waals surface area contributed by atoms with Crippen LogP contribution in [0.3, 0.4) is 0 Å². The van der Waals surface area contributed by atoms with E-state index in [0.717, 1.165) is 32.3 Å². The zero-order chi connectivity index (χ0) is 13.3. The van der Waals surface area contributed by atoms with Gasteiger partial charge in [-0.05, 0) is 49.7 Å². The largest absolute Gasteiger partial charge is 0.481 e. The fourth-order valence-corrected chi connectivity index (χ4v) is 3.44. The van der Waals surface area contributed by atoms with Gasteiger partial charge in [0.2, 0.25) is 0 Å². The lowest BCUT2D eigenvalue weighted by Crippen LogP contribution is -2.33. The van der Waals surface area contributed by atoms with E-state index in [1.807, 2.05) is 12.1 Å². The summed E-state index contributed by atoms with van der Waals surface area (Å²) in [6.45, 7) is 0.838. The van der Waals surface area contributed by atoms with Gasteiger partial charge < -0.3 is 9.84 Å². The number of rotatable bonds is 4. The van der Waals surface area contributed by atoms with Crippen molar-refractivity contribution < 1.29 is 14.6 Å². The monoisotopic (exact) mass is 260 g/mol. The van der Waals surface area contributed by atoms with Gasteiger partial charge in [-0.1, -0.05) is 24.3 Å². The SMILES string of the molecule is O=C(O)C1(CCC2CCCO2)Cc2ccccc2C1. The maximum atomic E-state index is 11.8. The van der Waals surface area contributed by atoms with Gasteiger partial charge >= 0.3 is 5.97 Å². The second kappa shape index (κ2) is 4.97. The molecule has 1 saturated heterocycles. The number of hydrogen-bond acceptors (Lipinski definition) is 2. The molecule has 1 heterocycles. The van der Waals surface area contributed by atoms with Crippen LogP contribution < -0.4 is 0 Å². The number of fused-ring (bicyclic) bond motifs is 1. The minimum Gasteiger partial charge on any atom is -0.481 e. The molecule has 2 aliphatic rings. The van der Waals surface area contributed by atoms with Crippen molar-refractivity contribution in [2.45, 2.75) is 44.6 Å². The number of carbonyl (C=O) groups is 1. The van der Waals surface area contributed by atoms with Crippen molar-refractivity contribution in [3.63, 3.8) is 0 Å². The van der Waals surface area contributed by atoms with Crippen LogP contribution in [0, 0.1) is 5.41 Å². The fourth-order valence-electron chi connectivity index (χ4n) is 3.44. The molecule has 3 nitrogen and oxygen atoms in total. The minimum absolute atomic E-state index is 0.278. The molecule has 1 atom stereocenters. The standard InChI is InChI=1S/C16H20O3/c17-15(18)16(8-7-14-6-3-9-19-14)10-12-4-1-2-5-13(12)11-16/h1-2,4-5,14H,3,6-11H2,(H,17,18). The average molecular weight is 260 g/mol. The van der Waals surface area contributed by atoms with Crippen LogP contribution in [0.4, 0.5) is 0 Å². The fraction of sp³-hybridized carbons (Fsp3) is 0.562. The predicted molar refractivity (Wildman–Crippen MR) is 72.1 cm³/mol. The Morgan fingerprint density at radius 2 is 2.00 bits per heavy atom. The van der Waals surface area contributed by atoms with E-state index in [0.29, 0.717) is 12.8 Å². The molecule has 1 fully saturated rings. The number of benzene rings is 1. The van der Waals surface area contributed by atoms with Crippen LogP contribution in [0.2, 0.25) is 0 Å². The molecule has 1 N–H and O–H groups in total. The second-order valence-electron chi connectivity index (χ2n) is 5.88. The van der Waals surface area contributed by atoms with Crippen LogP contribution >= 0.6 is 0 Å². The van der Waals surface area contributed by atoms with Crippen molar-refractivity contribution in [3.05, 3.63) is 35.4 Å². The van der Waals surface area contributed by atoms with Crippen LogP contribution in [0.1, 0.15) is 36.8 Å². The molecule has 3 rings (SSSR count). The number of aliphatic carboxylic acids is 1. The number of ether oxygens (including phenoxy) is 1. The van der Waals surface area contributed by atoms with Crippen LogP contribution in [-0.4, -0.2) is 23.8 Å². The normalized spacial score (nSPS) is 24.3. The Balaban J connectivity index is 1.73. The summed E-state index contributed by atoms with van der Waals surface area (Å²) in [5.74, 6) is -0.651. The highest BCUT2D eigenvalue weighted by Crippen LogP contribution is 2.41. The summed E-state index contributed by atoms with van der Waals surface area (Å²) in [5.41, 5.74) is 1.81. The molecule has 1 aromatic rings. The summed E-state index contributed by atoms with van der Waals surface area (Å²) < 4.78 is 5.62. The van der Waals surface area contributed by atoms with Gasteiger partial charge in [-0.15, -0.1) is 0 Å². The first-order chi connectivity index (χ1) is 9.20. The van der Waals surface area contributed by atoms with E-state index >= 15 is 0 Å². The van der Waals surface area contributed by atoms with Crippen LogP contribution in [0.5, 0.6) is 0 Å². The highest BCUT2D eigenvalue weighted by atomic mass is 16.5. The van der Waals surface area contributed by atoms with Gasteiger partial charge in [-0.25, -0.2) is 0 Å². The van der Waals surface area contributed by atoms with Crippen molar-refractivity contribution in [2.75, 3.05) is 6.61 Å². The molecule has 0 spiro atoms. The van der Waals surface area contributed by atoms with Crippen LogP contribution in [0.15, 0.2) is 24.3 Å². The quantitative estimate of drug-likeness (QED) is 0.905. The van der Waals surface area contributed by atoms with Gasteiger partial charge in [-0.2, -0.15) is 0 Å². The molecule has 0 saturated carbocycles. The highest BCUT2D eigenvalue weighted by Gasteiger charge is 2.43. The molecule has 0 radical (unpaired) electrons. The predicted octanol–water partition coefficient (Wildman–Crippen LogP) is 2.82. The van der Waals surface area contributed by atoms with Crippen molar-refractivity contribution in [1.29, 1.82) is 0 Å². The number of carboxylic acid groups (broad SMARTS) is 1. The van der Waals surface area contributed by atoms with E-state index in [4.69, 9.17) is 4.74 Å². The van der Waals surface area contributed by atoms with E-state index < -0.39 is 11.4 Å². The minimum atomic E-state index is -0.651. The topological polar surface area (TPSA) is 46.5 Å². The molecule has 0 amide bonds. The first-order valence-electron chi connectivity index (χ1n) is 7.11. The van der Waals surface area contributed by atoms with Crippen LogP contribution in [-0.2, 0) is 22.4 Å². The molecule has 1 aliphatic carbocycles. The average Bonchev–Trinajstić information content (AvgIpc) is 3.04. The summed E-state index contributed by atoms with van der Waals surface area (Å²) in [4.78, 5) is 11.8. The lowest BCUT2D eigenvalue weighted by molar-refractivity contribution is -0.149. The lowest BCUT2D eigenvalue weighted by atomic mass is 9.79. The van der Waals surface area contributed by atoms with E-state index in [2.05, 4.69) is 12.1 Å². The zero-order valence-electron chi connectivity index (χ0n) is 11.1. The third-order valence-electron chi connectivity index (χ3n) is 4.60. The van der Waals surface area contributed by atoms with Crippen molar-refractivity contribution in [1.82, 2.24) is 0 Å². The summed E-state index contributed by atoms with van der Waals surface area (Å²) >= 11 is 0. The smallest absolute Gasteiger partial charge is 0.310 e. The molecular formula is C16H20O3. The Morgan fingerprint density at radius 1 is 1.32 bits per heavy atom. The van der Waals surface area contributed by atoms with E-state index in [-0.39, 0.29) is 6.10 Å². The molecule has 1 aromatic carbocycles. The number of carboxylic acids is 1. The molecule has 1 aliphatic heterocycles. The third kappa shape index (κ3) is 2.39. The Morgan fingerprint density at radius 3 is 2.53 bits per heavy atom. The first kappa shape index (κ1) is 12.7.